The first-order valence-electron chi connectivity index (χ1n) is 9.55. The molecule has 2 aromatic rings. The molecule has 0 fully saturated rings. The highest BCUT2D eigenvalue weighted by Crippen LogP contribution is 2.33. The van der Waals surface area contributed by atoms with Crippen LogP contribution in [0.4, 0.5) is 0 Å². The van der Waals surface area contributed by atoms with Gasteiger partial charge in [0.2, 0.25) is 11.8 Å². The molecule has 1 heterocycles. The minimum Gasteiger partial charge on any atom is -0.339 e. The molecule has 1 aliphatic heterocycles. The van der Waals surface area contributed by atoms with Gasteiger partial charge in [-0.3, -0.25) is 9.59 Å². The third-order valence-corrected chi connectivity index (χ3v) is 5.72. The fourth-order valence-electron chi connectivity index (χ4n) is 3.84. The average molecular weight is 364 g/mol. The third-order valence-electron chi connectivity index (χ3n) is 5.72. The van der Waals surface area contributed by atoms with Crippen LogP contribution in [-0.4, -0.2) is 35.2 Å². The van der Waals surface area contributed by atoms with Crippen molar-refractivity contribution < 1.29 is 9.59 Å². The van der Waals surface area contributed by atoms with E-state index in [1.807, 2.05) is 37.1 Å². The molecule has 0 saturated heterocycles. The first kappa shape index (κ1) is 19.2. The molecule has 2 aromatic carbocycles. The molecule has 0 bridgehead atoms. The lowest BCUT2D eigenvalue weighted by Crippen LogP contribution is -2.41. The number of fused-ring (bicyclic) bond motifs is 1. The summed E-state index contributed by atoms with van der Waals surface area (Å²) in [6, 6.07) is 16.2. The first-order chi connectivity index (χ1) is 12.9. The summed E-state index contributed by atoms with van der Waals surface area (Å²) in [5, 5.41) is 0. The molecule has 3 rings (SSSR count). The van der Waals surface area contributed by atoms with Crippen molar-refractivity contribution in [2.24, 2.45) is 0 Å². The van der Waals surface area contributed by atoms with E-state index < -0.39 is 0 Å². The SMILES string of the molecule is CC(=O)N1CCc2ccccc2C1CC(=O)N(C)C(C)c1ccc(C)cc1. The zero-order chi connectivity index (χ0) is 19.6. The lowest BCUT2D eigenvalue weighted by molar-refractivity contribution is -0.137. The fourth-order valence-corrected chi connectivity index (χ4v) is 3.84. The first-order valence-corrected chi connectivity index (χ1v) is 9.55. The Morgan fingerprint density at radius 2 is 1.81 bits per heavy atom. The largest absolute Gasteiger partial charge is 0.339 e. The van der Waals surface area contributed by atoms with Crippen molar-refractivity contribution in [3.05, 3.63) is 70.8 Å². The molecular formula is C23H28N2O2. The second kappa shape index (κ2) is 7.95. The summed E-state index contributed by atoms with van der Waals surface area (Å²) in [7, 11) is 1.85. The van der Waals surface area contributed by atoms with E-state index in [4.69, 9.17) is 0 Å². The quantitative estimate of drug-likeness (QED) is 0.821. The second-order valence-electron chi connectivity index (χ2n) is 7.47. The lowest BCUT2D eigenvalue weighted by Gasteiger charge is -2.38. The van der Waals surface area contributed by atoms with E-state index in [1.54, 1.807) is 11.8 Å². The van der Waals surface area contributed by atoms with Crippen molar-refractivity contribution in [1.82, 2.24) is 9.80 Å². The maximum absolute atomic E-state index is 13.1. The summed E-state index contributed by atoms with van der Waals surface area (Å²) < 4.78 is 0. The Bertz CT molecular complexity index is 829. The van der Waals surface area contributed by atoms with Crippen LogP contribution in [0, 0.1) is 6.92 Å². The van der Waals surface area contributed by atoms with Gasteiger partial charge in [-0.25, -0.2) is 0 Å². The number of benzene rings is 2. The Morgan fingerprint density at radius 1 is 1.15 bits per heavy atom. The smallest absolute Gasteiger partial charge is 0.225 e. The lowest BCUT2D eigenvalue weighted by atomic mass is 9.90. The standard InChI is InChI=1S/C23H28N2O2/c1-16-9-11-19(12-10-16)17(2)24(4)23(27)15-22-21-8-6-5-7-20(21)13-14-25(22)18(3)26/h5-12,17,22H,13-15H2,1-4H3. The molecular weight excluding hydrogens is 336 g/mol. The van der Waals surface area contributed by atoms with Gasteiger partial charge in [0.05, 0.1) is 18.5 Å². The minimum absolute atomic E-state index is 0.0114. The van der Waals surface area contributed by atoms with Crippen LogP contribution in [0.1, 0.15) is 54.6 Å². The topological polar surface area (TPSA) is 40.6 Å². The molecule has 27 heavy (non-hydrogen) atoms. The van der Waals surface area contributed by atoms with Crippen molar-refractivity contribution in [1.29, 1.82) is 0 Å². The highest BCUT2D eigenvalue weighted by atomic mass is 16.2. The molecule has 0 aliphatic carbocycles. The van der Waals surface area contributed by atoms with Gasteiger partial charge < -0.3 is 9.80 Å². The van der Waals surface area contributed by atoms with Gasteiger partial charge in [-0.15, -0.1) is 0 Å². The van der Waals surface area contributed by atoms with Gasteiger partial charge in [-0.2, -0.15) is 0 Å². The van der Waals surface area contributed by atoms with E-state index in [2.05, 4.69) is 37.3 Å². The molecule has 0 N–H and O–H groups in total. The molecule has 142 valence electrons. The fraction of sp³-hybridized carbons (Fsp3) is 0.391. The number of nitrogens with zero attached hydrogens (tertiary/aromatic N) is 2. The molecule has 0 radical (unpaired) electrons. The summed E-state index contributed by atoms with van der Waals surface area (Å²) in [4.78, 5) is 28.8. The predicted molar refractivity (Wildman–Crippen MR) is 107 cm³/mol. The van der Waals surface area contributed by atoms with Gasteiger partial charge in [-0.05, 0) is 37.0 Å². The van der Waals surface area contributed by atoms with Crippen LogP contribution in [0.3, 0.4) is 0 Å². The Kier molecular flexibility index (Phi) is 5.64. The predicted octanol–water partition coefficient (Wildman–Crippen LogP) is 4.05. The number of carbonyl (C=O) groups excluding carboxylic acids is 2. The maximum Gasteiger partial charge on any atom is 0.225 e. The Labute approximate surface area is 161 Å². The zero-order valence-corrected chi connectivity index (χ0v) is 16.6. The highest BCUT2D eigenvalue weighted by Gasteiger charge is 2.32. The van der Waals surface area contributed by atoms with Crippen molar-refractivity contribution in [3.8, 4) is 0 Å². The summed E-state index contributed by atoms with van der Waals surface area (Å²) in [5.74, 6) is 0.0765. The van der Waals surface area contributed by atoms with Crippen LogP contribution in [0.25, 0.3) is 0 Å². The minimum atomic E-state index is -0.187. The van der Waals surface area contributed by atoms with Gasteiger partial charge >= 0.3 is 0 Å². The van der Waals surface area contributed by atoms with Gasteiger partial charge in [0.15, 0.2) is 0 Å². The van der Waals surface area contributed by atoms with Crippen LogP contribution in [0.5, 0.6) is 0 Å². The molecule has 1 aliphatic rings. The van der Waals surface area contributed by atoms with Crippen molar-refractivity contribution >= 4 is 11.8 Å². The summed E-state index contributed by atoms with van der Waals surface area (Å²) in [5.41, 5.74) is 4.66. The molecule has 2 unspecified atom stereocenters. The second-order valence-corrected chi connectivity index (χ2v) is 7.47. The Morgan fingerprint density at radius 3 is 2.48 bits per heavy atom. The number of hydrogen-bond donors (Lipinski definition) is 0. The van der Waals surface area contributed by atoms with Crippen molar-refractivity contribution in [2.45, 2.75) is 45.7 Å². The third kappa shape index (κ3) is 4.05. The molecule has 2 amide bonds. The van der Waals surface area contributed by atoms with E-state index in [-0.39, 0.29) is 23.9 Å². The van der Waals surface area contributed by atoms with Gasteiger partial charge in [0, 0.05) is 20.5 Å². The molecule has 0 aromatic heterocycles. The zero-order valence-electron chi connectivity index (χ0n) is 16.6. The molecule has 2 atom stereocenters. The number of rotatable bonds is 4. The summed E-state index contributed by atoms with van der Waals surface area (Å²) in [6.07, 6.45) is 1.15. The molecule has 0 saturated carbocycles. The average Bonchev–Trinajstić information content (AvgIpc) is 2.67. The van der Waals surface area contributed by atoms with Gasteiger partial charge in [0.1, 0.15) is 0 Å². The Balaban J connectivity index is 1.80. The molecule has 4 nitrogen and oxygen atoms in total. The number of carbonyl (C=O) groups is 2. The van der Waals surface area contributed by atoms with Crippen LogP contribution in [0.15, 0.2) is 48.5 Å². The van der Waals surface area contributed by atoms with E-state index in [1.165, 1.54) is 11.1 Å². The van der Waals surface area contributed by atoms with E-state index in [9.17, 15) is 9.59 Å². The molecule has 0 spiro atoms. The van der Waals surface area contributed by atoms with Crippen LogP contribution >= 0.6 is 0 Å². The number of aryl methyl sites for hydroxylation is 1. The number of hydrogen-bond acceptors (Lipinski definition) is 2. The van der Waals surface area contributed by atoms with Crippen LogP contribution in [-0.2, 0) is 16.0 Å². The van der Waals surface area contributed by atoms with E-state index >= 15 is 0 Å². The summed E-state index contributed by atoms with van der Waals surface area (Å²) >= 11 is 0. The molecule has 4 heteroatoms. The van der Waals surface area contributed by atoms with Crippen LogP contribution in [0.2, 0.25) is 0 Å². The number of amides is 2. The van der Waals surface area contributed by atoms with Crippen molar-refractivity contribution in [3.63, 3.8) is 0 Å². The van der Waals surface area contributed by atoms with Gasteiger partial charge in [0.25, 0.3) is 0 Å². The monoisotopic (exact) mass is 364 g/mol. The normalized spacial score (nSPS) is 17.2. The van der Waals surface area contributed by atoms with E-state index in [0.29, 0.717) is 13.0 Å². The maximum atomic E-state index is 13.1. The Hall–Kier alpha value is -2.62. The van der Waals surface area contributed by atoms with Crippen LogP contribution < -0.4 is 0 Å². The van der Waals surface area contributed by atoms with Crippen molar-refractivity contribution in [2.75, 3.05) is 13.6 Å². The summed E-state index contributed by atoms with van der Waals surface area (Å²) in [6.45, 7) is 6.35. The van der Waals surface area contributed by atoms with E-state index in [0.717, 1.165) is 17.5 Å². The van der Waals surface area contributed by atoms with Gasteiger partial charge in [-0.1, -0.05) is 54.1 Å². The highest BCUT2D eigenvalue weighted by molar-refractivity contribution is 5.80.